The van der Waals surface area contributed by atoms with E-state index in [0.29, 0.717) is 6.07 Å². The molecular weight excluding hydrogens is 410 g/mol. The zero-order valence-electron chi connectivity index (χ0n) is 15.4. The molecule has 0 aliphatic carbocycles. The smallest absolute Gasteiger partial charge is 0.341 e. The van der Waals surface area contributed by atoms with Crippen LogP contribution in [0.1, 0.15) is 10.4 Å². The number of piperazine rings is 1. The van der Waals surface area contributed by atoms with Crippen LogP contribution in [0.5, 0.6) is 0 Å². The third kappa shape index (κ3) is 4.59. The first-order valence-electron chi connectivity index (χ1n) is 8.57. The van der Waals surface area contributed by atoms with Gasteiger partial charge in [0.1, 0.15) is 0 Å². The molecule has 1 amide bonds. The van der Waals surface area contributed by atoms with Crippen LogP contribution in [-0.2, 0) is 26.6 Å². The summed E-state index contributed by atoms with van der Waals surface area (Å²) in [5, 5.41) is 3.83. The Kier molecular flexibility index (Phi) is 5.94. The van der Waals surface area contributed by atoms with E-state index >= 15 is 0 Å². The lowest BCUT2D eigenvalue weighted by atomic mass is 10.3. The van der Waals surface area contributed by atoms with Gasteiger partial charge in [-0.15, -0.1) is 0 Å². The maximum absolute atomic E-state index is 13.4. The quantitative estimate of drug-likeness (QED) is 0.639. The number of amides is 1. The van der Waals surface area contributed by atoms with Gasteiger partial charge in [-0.3, -0.25) is 9.48 Å². The van der Waals surface area contributed by atoms with E-state index < -0.39 is 40.1 Å². The number of aryl methyl sites for hydroxylation is 1. The molecule has 1 aliphatic rings. The Morgan fingerprint density at radius 3 is 2.41 bits per heavy atom. The summed E-state index contributed by atoms with van der Waals surface area (Å²) in [6.45, 7) is -0.380. The van der Waals surface area contributed by atoms with Crippen molar-refractivity contribution in [1.29, 1.82) is 0 Å². The van der Waals surface area contributed by atoms with Gasteiger partial charge in [-0.1, -0.05) is 0 Å². The molecule has 1 aromatic heterocycles. The maximum Gasteiger partial charge on any atom is 0.341 e. The van der Waals surface area contributed by atoms with Crippen LogP contribution in [0.15, 0.2) is 35.5 Å². The van der Waals surface area contributed by atoms with Gasteiger partial charge in [0.25, 0.3) is 5.91 Å². The van der Waals surface area contributed by atoms with Crippen LogP contribution >= 0.6 is 0 Å². The number of aromatic nitrogens is 2. The Morgan fingerprint density at radius 2 is 1.83 bits per heavy atom. The van der Waals surface area contributed by atoms with Gasteiger partial charge in [-0.25, -0.2) is 22.0 Å². The Bertz CT molecular complexity index is 1030. The van der Waals surface area contributed by atoms with Crippen molar-refractivity contribution >= 4 is 21.9 Å². The second-order valence-electron chi connectivity index (χ2n) is 6.34. The summed E-state index contributed by atoms with van der Waals surface area (Å²) in [6, 6.07) is 2.36. The summed E-state index contributed by atoms with van der Waals surface area (Å²) in [7, 11) is -2.38. The molecule has 2 heterocycles. The Hall–Kier alpha value is -2.86. The summed E-state index contributed by atoms with van der Waals surface area (Å²) >= 11 is 0. The number of hydrogen-bond donors (Lipinski definition) is 0. The third-order valence-corrected chi connectivity index (χ3v) is 6.28. The minimum atomic E-state index is -4.02. The van der Waals surface area contributed by atoms with Crippen molar-refractivity contribution in [3.05, 3.63) is 47.8 Å². The van der Waals surface area contributed by atoms with Crippen molar-refractivity contribution in [3.8, 4) is 0 Å². The van der Waals surface area contributed by atoms with Gasteiger partial charge in [0.15, 0.2) is 18.2 Å². The molecule has 0 saturated carbocycles. The molecule has 156 valence electrons. The highest BCUT2D eigenvalue weighted by Crippen LogP contribution is 2.20. The fourth-order valence-electron chi connectivity index (χ4n) is 2.79. The van der Waals surface area contributed by atoms with Crippen LogP contribution in [0.2, 0.25) is 0 Å². The van der Waals surface area contributed by atoms with E-state index in [2.05, 4.69) is 5.10 Å². The molecule has 0 N–H and O–H groups in total. The van der Waals surface area contributed by atoms with Gasteiger partial charge in [0.2, 0.25) is 10.0 Å². The molecule has 1 aliphatic heterocycles. The highest BCUT2D eigenvalue weighted by atomic mass is 32.2. The first kappa shape index (κ1) is 20.9. The maximum atomic E-state index is 13.4. The van der Waals surface area contributed by atoms with Crippen molar-refractivity contribution < 1.29 is 31.5 Å². The highest BCUT2D eigenvalue weighted by Gasteiger charge is 2.31. The minimum absolute atomic E-state index is 0.0242. The van der Waals surface area contributed by atoms with Crippen LogP contribution < -0.4 is 0 Å². The standard InChI is InChI=1S/C17H18F2N4O5S/c1-21-10-12(9-20-21)17(25)28-11-16(24)22-4-6-23(7-5-22)29(26,27)13-2-3-14(18)15(19)8-13/h2-3,8-10H,4-7,11H2,1H3. The van der Waals surface area contributed by atoms with Crippen LogP contribution in [0.25, 0.3) is 0 Å². The van der Waals surface area contributed by atoms with E-state index in [0.717, 1.165) is 16.4 Å². The molecule has 29 heavy (non-hydrogen) atoms. The second-order valence-corrected chi connectivity index (χ2v) is 8.28. The summed E-state index contributed by atoms with van der Waals surface area (Å²) in [5.74, 6) is -3.55. The molecule has 9 nitrogen and oxygen atoms in total. The van der Waals surface area contributed by atoms with Gasteiger partial charge in [-0.2, -0.15) is 9.40 Å². The van der Waals surface area contributed by atoms with Crippen LogP contribution in [0.3, 0.4) is 0 Å². The molecule has 0 bridgehead atoms. The average molecular weight is 428 g/mol. The molecule has 12 heteroatoms. The van der Waals surface area contributed by atoms with Crippen molar-refractivity contribution in [2.75, 3.05) is 32.8 Å². The number of hydrogen-bond acceptors (Lipinski definition) is 6. The fraction of sp³-hybridized carbons (Fsp3) is 0.353. The molecule has 3 rings (SSSR count). The normalized spacial score (nSPS) is 15.3. The van der Waals surface area contributed by atoms with E-state index in [1.54, 1.807) is 7.05 Å². The predicted octanol–water partition coefficient (Wildman–Crippen LogP) is 0.388. The fourth-order valence-corrected chi connectivity index (χ4v) is 4.23. The zero-order chi connectivity index (χ0) is 21.2. The van der Waals surface area contributed by atoms with Gasteiger partial charge in [0.05, 0.1) is 16.7 Å². The second kappa shape index (κ2) is 8.25. The molecule has 1 aromatic carbocycles. The molecule has 0 atom stereocenters. The monoisotopic (exact) mass is 428 g/mol. The number of halogens is 2. The number of esters is 1. The van der Waals surface area contributed by atoms with Gasteiger partial charge in [-0.05, 0) is 18.2 Å². The molecular formula is C17H18F2N4O5S. The predicted molar refractivity (Wildman–Crippen MR) is 95.2 cm³/mol. The summed E-state index contributed by atoms with van der Waals surface area (Å²) in [6.07, 6.45) is 2.77. The van der Waals surface area contributed by atoms with Crippen molar-refractivity contribution in [2.45, 2.75) is 4.90 Å². The largest absolute Gasteiger partial charge is 0.452 e. The highest BCUT2D eigenvalue weighted by molar-refractivity contribution is 7.89. The molecule has 0 spiro atoms. The Balaban J connectivity index is 1.54. The van der Waals surface area contributed by atoms with Crippen molar-refractivity contribution in [2.24, 2.45) is 7.05 Å². The number of ether oxygens (including phenoxy) is 1. The molecule has 2 aromatic rings. The van der Waals surface area contributed by atoms with Crippen LogP contribution in [-0.4, -0.2) is 72.1 Å². The number of nitrogens with zero attached hydrogens (tertiary/aromatic N) is 4. The zero-order valence-corrected chi connectivity index (χ0v) is 16.2. The third-order valence-electron chi connectivity index (χ3n) is 4.39. The van der Waals surface area contributed by atoms with E-state index in [1.807, 2.05) is 0 Å². The number of carbonyl (C=O) groups is 2. The molecule has 0 unspecified atom stereocenters. The van der Waals surface area contributed by atoms with Gasteiger partial charge < -0.3 is 9.64 Å². The van der Waals surface area contributed by atoms with Gasteiger partial charge in [0, 0.05) is 39.4 Å². The van der Waals surface area contributed by atoms with Crippen LogP contribution in [0, 0.1) is 11.6 Å². The summed E-state index contributed by atoms with van der Waals surface area (Å²) < 4.78 is 59.0. The minimum Gasteiger partial charge on any atom is -0.452 e. The number of sulfonamides is 1. The molecule has 1 fully saturated rings. The van der Waals surface area contributed by atoms with E-state index in [-0.39, 0.29) is 36.6 Å². The lowest BCUT2D eigenvalue weighted by molar-refractivity contribution is -0.135. The first-order chi connectivity index (χ1) is 13.7. The first-order valence-corrected chi connectivity index (χ1v) is 10.0. The number of benzene rings is 1. The molecule has 0 radical (unpaired) electrons. The SMILES string of the molecule is Cn1cc(C(=O)OCC(=O)N2CCN(S(=O)(=O)c3ccc(F)c(F)c3)CC2)cn1. The van der Waals surface area contributed by atoms with E-state index in [9.17, 15) is 26.8 Å². The Morgan fingerprint density at radius 1 is 1.14 bits per heavy atom. The number of carbonyl (C=O) groups excluding carboxylic acids is 2. The van der Waals surface area contributed by atoms with Crippen molar-refractivity contribution in [3.63, 3.8) is 0 Å². The lowest BCUT2D eigenvalue weighted by Crippen LogP contribution is -2.51. The summed E-state index contributed by atoms with van der Waals surface area (Å²) in [5.41, 5.74) is 0.211. The van der Waals surface area contributed by atoms with E-state index in [4.69, 9.17) is 4.74 Å². The molecule has 1 saturated heterocycles. The van der Waals surface area contributed by atoms with E-state index in [1.165, 1.54) is 22.0 Å². The topological polar surface area (TPSA) is 102 Å². The Labute approximate surface area is 165 Å². The van der Waals surface area contributed by atoms with Crippen molar-refractivity contribution in [1.82, 2.24) is 19.0 Å². The van der Waals surface area contributed by atoms with Crippen LogP contribution in [0.4, 0.5) is 8.78 Å². The lowest BCUT2D eigenvalue weighted by Gasteiger charge is -2.33. The number of rotatable bonds is 5. The van der Waals surface area contributed by atoms with Gasteiger partial charge >= 0.3 is 5.97 Å². The average Bonchev–Trinajstić information content (AvgIpc) is 3.14. The summed E-state index contributed by atoms with van der Waals surface area (Å²) in [4.78, 5) is 25.1.